The van der Waals surface area contributed by atoms with Gasteiger partial charge in [0.05, 0.1) is 11.2 Å². The zero-order chi connectivity index (χ0) is 11.4. The molecule has 1 aliphatic heterocycles. The number of aromatic nitrogens is 1. The van der Waals surface area contributed by atoms with E-state index in [1.807, 2.05) is 10.4 Å². The van der Waals surface area contributed by atoms with E-state index >= 15 is 0 Å². The lowest BCUT2D eigenvalue weighted by Gasteiger charge is -2.34. The van der Waals surface area contributed by atoms with Gasteiger partial charge in [-0.3, -0.25) is 9.69 Å². The van der Waals surface area contributed by atoms with Gasteiger partial charge in [0.2, 0.25) is 5.91 Å². The van der Waals surface area contributed by atoms with Gasteiger partial charge in [-0.15, -0.1) is 35.3 Å². The van der Waals surface area contributed by atoms with Gasteiger partial charge in [0.25, 0.3) is 0 Å². The summed E-state index contributed by atoms with van der Waals surface area (Å²) in [7, 11) is 0. The summed E-state index contributed by atoms with van der Waals surface area (Å²) >= 11 is 7.14. The molecule has 0 bridgehead atoms. The molecule has 4 nitrogen and oxygen atoms in total. The van der Waals surface area contributed by atoms with Crippen LogP contribution in [0, 0.1) is 0 Å². The smallest absolute Gasteiger partial charge is 0.237 e. The second-order valence-corrected chi connectivity index (χ2v) is 4.76. The van der Waals surface area contributed by atoms with E-state index in [2.05, 4.69) is 15.3 Å². The third-order valence-electron chi connectivity index (χ3n) is 2.71. The summed E-state index contributed by atoms with van der Waals surface area (Å²) in [5, 5.41) is 2.07. The lowest BCUT2D eigenvalue weighted by Crippen LogP contribution is -2.48. The molecule has 0 saturated carbocycles. The van der Waals surface area contributed by atoms with Crippen molar-refractivity contribution in [3.05, 3.63) is 16.6 Å². The highest BCUT2D eigenvalue weighted by Gasteiger charge is 2.20. The molecule has 0 radical (unpaired) electrons. The van der Waals surface area contributed by atoms with Gasteiger partial charge in [-0.1, -0.05) is 0 Å². The highest BCUT2D eigenvalue weighted by atomic mass is 35.5. The molecule has 7 heteroatoms. The molecule has 0 unspecified atom stereocenters. The van der Waals surface area contributed by atoms with Gasteiger partial charge in [0.15, 0.2) is 0 Å². The Morgan fingerprint density at radius 3 is 2.65 bits per heavy atom. The standard InChI is InChI=1S/C10H14ClN3OS.ClH/c11-5-10(15)14-3-1-13(2-4-14)6-9-7-16-8-12-9;/h7-8H,1-6H2;1H. The Hall–Kier alpha value is -0.360. The van der Waals surface area contributed by atoms with E-state index in [9.17, 15) is 4.79 Å². The maximum Gasteiger partial charge on any atom is 0.237 e. The predicted molar refractivity (Wildman–Crippen MR) is 71.9 cm³/mol. The fraction of sp³-hybridized carbons (Fsp3) is 0.600. The van der Waals surface area contributed by atoms with E-state index in [1.54, 1.807) is 11.3 Å². The molecule has 1 fully saturated rings. The van der Waals surface area contributed by atoms with E-state index in [0.29, 0.717) is 0 Å². The fourth-order valence-electron chi connectivity index (χ4n) is 1.78. The zero-order valence-corrected chi connectivity index (χ0v) is 11.7. The molecule has 0 spiro atoms. The molecule has 1 aliphatic rings. The van der Waals surface area contributed by atoms with Crippen LogP contribution in [0.1, 0.15) is 5.69 Å². The lowest BCUT2D eigenvalue weighted by molar-refractivity contribution is -0.130. The molecule has 1 saturated heterocycles. The van der Waals surface area contributed by atoms with Crippen LogP contribution in [0.25, 0.3) is 0 Å². The van der Waals surface area contributed by atoms with E-state index in [-0.39, 0.29) is 24.2 Å². The largest absolute Gasteiger partial charge is 0.339 e. The van der Waals surface area contributed by atoms with Crippen molar-refractivity contribution in [2.24, 2.45) is 0 Å². The molecule has 0 atom stereocenters. The number of piperazine rings is 1. The maximum atomic E-state index is 11.4. The Morgan fingerprint density at radius 2 is 2.12 bits per heavy atom. The number of thiazole rings is 1. The molecular formula is C10H15Cl2N3OS. The molecule has 0 aromatic carbocycles. The van der Waals surface area contributed by atoms with Gasteiger partial charge in [0.1, 0.15) is 5.88 Å². The Morgan fingerprint density at radius 1 is 1.41 bits per heavy atom. The number of nitrogens with zero attached hydrogens (tertiary/aromatic N) is 3. The van der Waals surface area contributed by atoms with Crippen molar-refractivity contribution >= 4 is 41.3 Å². The van der Waals surface area contributed by atoms with Crippen LogP contribution >= 0.6 is 35.3 Å². The van der Waals surface area contributed by atoms with E-state index in [1.165, 1.54) is 0 Å². The Balaban J connectivity index is 0.00000144. The molecule has 0 aliphatic carbocycles. The second-order valence-electron chi connectivity index (χ2n) is 3.77. The van der Waals surface area contributed by atoms with Gasteiger partial charge < -0.3 is 4.90 Å². The first-order chi connectivity index (χ1) is 7.79. The molecular weight excluding hydrogens is 281 g/mol. The zero-order valence-electron chi connectivity index (χ0n) is 9.34. The van der Waals surface area contributed by atoms with Crippen LogP contribution in [-0.4, -0.2) is 52.8 Å². The highest BCUT2D eigenvalue weighted by molar-refractivity contribution is 7.07. The van der Waals surface area contributed by atoms with Gasteiger partial charge in [0, 0.05) is 38.1 Å². The first kappa shape index (κ1) is 14.7. The van der Waals surface area contributed by atoms with Gasteiger partial charge in [-0.25, -0.2) is 4.98 Å². The van der Waals surface area contributed by atoms with Gasteiger partial charge >= 0.3 is 0 Å². The summed E-state index contributed by atoms with van der Waals surface area (Å²) in [4.78, 5) is 19.7. The minimum absolute atomic E-state index is 0. The normalized spacial score (nSPS) is 16.6. The SMILES string of the molecule is Cl.O=C(CCl)N1CCN(Cc2cscn2)CC1. The van der Waals surface area contributed by atoms with Crippen LogP contribution in [0.4, 0.5) is 0 Å². The molecule has 1 aromatic rings. The third kappa shape index (κ3) is 4.10. The molecule has 1 amide bonds. The average molecular weight is 296 g/mol. The van der Waals surface area contributed by atoms with Gasteiger partial charge in [-0.2, -0.15) is 0 Å². The molecule has 2 heterocycles. The van der Waals surface area contributed by atoms with Crippen molar-refractivity contribution in [3.8, 4) is 0 Å². The number of hydrogen-bond donors (Lipinski definition) is 0. The van der Waals surface area contributed by atoms with Crippen molar-refractivity contribution in [2.75, 3.05) is 32.1 Å². The van der Waals surface area contributed by atoms with Crippen molar-refractivity contribution in [1.82, 2.24) is 14.8 Å². The Bertz CT molecular complexity index is 339. The number of carbonyl (C=O) groups is 1. The number of amides is 1. The van der Waals surface area contributed by atoms with Crippen LogP contribution in [0.15, 0.2) is 10.9 Å². The first-order valence-electron chi connectivity index (χ1n) is 5.23. The number of hydrogen-bond acceptors (Lipinski definition) is 4. The van der Waals surface area contributed by atoms with Crippen LogP contribution in [-0.2, 0) is 11.3 Å². The number of halogens is 2. The van der Waals surface area contributed by atoms with Crippen LogP contribution in [0.5, 0.6) is 0 Å². The van der Waals surface area contributed by atoms with Crippen molar-refractivity contribution < 1.29 is 4.79 Å². The summed E-state index contributed by atoms with van der Waals surface area (Å²) in [5.41, 5.74) is 2.96. The summed E-state index contributed by atoms with van der Waals surface area (Å²) in [6.07, 6.45) is 0. The van der Waals surface area contributed by atoms with Crippen LogP contribution in [0.3, 0.4) is 0 Å². The Labute approximate surface area is 116 Å². The molecule has 0 N–H and O–H groups in total. The van der Waals surface area contributed by atoms with Crippen molar-refractivity contribution in [3.63, 3.8) is 0 Å². The molecule has 2 rings (SSSR count). The fourth-order valence-corrected chi connectivity index (χ4v) is 2.50. The minimum atomic E-state index is 0. The summed E-state index contributed by atoms with van der Waals surface area (Å²) < 4.78 is 0. The summed E-state index contributed by atoms with van der Waals surface area (Å²) in [5.74, 6) is 0.126. The molecule has 96 valence electrons. The lowest BCUT2D eigenvalue weighted by atomic mass is 10.3. The predicted octanol–water partition coefficient (Wildman–Crippen LogP) is 1.45. The average Bonchev–Trinajstić information content (AvgIpc) is 2.82. The highest BCUT2D eigenvalue weighted by Crippen LogP contribution is 2.09. The first-order valence-corrected chi connectivity index (χ1v) is 6.70. The number of carbonyl (C=O) groups excluding carboxylic acids is 1. The van der Waals surface area contributed by atoms with Crippen LogP contribution in [0.2, 0.25) is 0 Å². The summed E-state index contributed by atoms with van der Waals surface area (Å²) in [6.45, 7) is 4.23. The van der Waals surface area contributed by atoms with E-state index < -0.39 is 0 Å². The monoisotopic (exact) mass is 295 g/mol. The van der Waals surface area contributed by atoms with Crippen molar-refractivity contribution in [1.29, 1.82) is 0 Å². The van der Waals surface area contributed by atoms with Crippen LogP contribution < -0.4 is 0 Å². The molecule has 1 aromatic heterocycles. The summed E-state index contributed by atoms with van der Waals surface area (Å²) in [6, 6.07) is 0. The third-order valence-corrected chi connectivity index (χ3v) is 3.57. The Kier molecular flexibility index (Phi) is 6.19. The molecule has 17 heavy (non-hydrogen) atoms. The van der Waals surface area contributed by atoms with Gasteiger partial charge in [-0.05, 0) is 0 Å². The minimum Gasteiger partial charge on any atom is -0.339 e. The quantitative estimate of drug-likeness (QED) is 0.792. The number of alkyl halides is 1. The number of rotatable bonds is 3. The van der Waals surface area contributed by atoms with Crippen molar-refractivity contribution in [2.45, 2.75) is 6.54 Å². The van der Waals surface area contributed by atoms with E-state index in [4.69, 9.17) is 11.6 Å². The van der Waals surface area contributed by atoms with E-state index in [0.717, 1.165) is 38.4 Å². The topological polar surface area (TPSA) is 36.4 Å². The maximum absolute atomic E-state index is 11.4. The second kappa shape index (κ2) is 7.16.